The minimum absolute atomic E-state index is 0.481. The van der Waals surface area contributed by atoms with Crippen molar-refractivity contribution in [3.8, 4) is 0 Å². The molecule has 2 aromatic rings. The third-order valence-electron chi connectivity index (χ3n) is 3.18. The van der Waals surface area contributed by atoms with Gasteiger partial charge in [0.25, 0.3) is 0 Å². The Bertz CT molecular complexity index is 546. The summed E-state index contributed by atoms with van der Waals surface area (Å²) in [6.45, 7) is 7.93. The minimum atomic E-state index is 0.481. The van der Waals surface area contributed by atoms with Gasteiger partial charge >= 0.3 is 0 Å². The fourth-order valence-corrected chi connectivity index (χ4v) is 2.08. The highest BCUT2D eigenvalue weighted by molar-refractivity contribution is 6.31. The van der Waals surface area contributed by atoms with Crippen molar-refractivity contribution in [1.82, 2.24) is 15.1 Å². The molecule has 1 N–H and O–H groups in total. The van der Waals surface area contributed by atoms with Crippen molar-refractivity contribution < 1.29 is 0 Å². The van der Waals surface area contributed by atoms with E-state index in [4.69, 9.17) is 11.6 Å². The zero-order valence-corrected chi connectivity index (χ0v) is 12.4. The van der Waals surface area contributed by atoms with Crippen molar-refractivity contribution in [3.05, 3.63) is 52.3 Å². The van der Waals surface area contributed by atoms with E-state index in [1.54, 1.807) is 6.20 Å². The van der Waals surface area contributed by atoms with Crippen LogP contribution >= 0.6 is 11.6 Å². The molecule has 0 bridgehead atoms. The van der Waals surface area contributed by atoms with Gasteiger partial charge in [-0.1, -0.05) is 49.7 Å². The maximum absolute atomic E-state index is 6.04. The number of rotatable bonds is 5. The molecule has 19 heavy (non-hydrogen) atoms. The largest absolute Gasteiger partial charge is 0.310 e. The van der Waals surface area contributed by atoms with Crippen LogP contribution in [-0.2, 0) is 13.1 Å². The average molecular weight is 278 g/mol. The fourth-order valence-electron chi connectivity index (χ4n) is 1.94. The van der Waals surface area contributed by atoms with Crippen LogP contribution in [0.2, 0.25) is 5.02 Å². The van der Waals surface area contributed by atoms with Crippen LogP contribution in [0.3, 0.4) is 0 Å². The Balaban J connectivity index is 2.18. The number of nitrogens with one attached hydrogen (secondary N) is 1. The zero-order valence-electron chi connectivity index (χ0n) is 11.7. The van der Waals surface area contributed by atoms with E-state index in [0.29, 0.717) is 6.04 Å². The van der Waals surface area contributed by atoms with Gasteiger partial charge in [-0.3, -0.25) is 4.68 Å². The van der Waals surface area contributed by atoms with Crippen LogP contribution in [0.4, 0.5) is 0 Å². The first-order chi connectivity index (χ1) is 9.08. The highest BCUT2D eigenvalue weighted by Gasteiger charge is 2.07. The Hall–Kier alpha value is -1.32. The van der Waals surface area contributed by atoms with Crippen LogP contribution in [0.15, 0.2) is 30.5 Å². The van der Waals surface area contributed by atoms with E-state index in [9.17, 15) is 0 Å². The molecule has 0 spiro atoms. The lowest BCUT2D eigenvalue weighted by atomic mass is 10.1. The van der Waals surface area contributed by atoms with Crippen molar-refractivity contribution in [2.24, 2.45) is 0 Å². The van der Waals surface area contributed by atoms with Gasteiger partial charge in [0.1, 0.15) is 0 Å². The molecule has 0 amide bonds. The summed E-state index contributed by atoms with van der Waals surface area (Å²) in [4.78, 5) is 0. The van der Waals surface area contributed by atoms with Crippen LogP contribution < -0.4 is 5.32 Å². The molecule has 0 aliphatic heterocycles. The van der Waals surface area contributed by atoms with Crippen molar-refractivity contribution >= 4 is 11.6 Å². The predicted molar refractivity (Wildman–Crippen MR) is 79.5 cm³/mol. The molecule has 0 saturated carbocycles. The number of hydrogen-bond donors (Lipinski definition) is 1. The van der Waals surface area contributed by atoms with Gasteiger partial charge in [0.15, 0.2) is 0 Å². The lowest BCUT2D eigenvalue weighted by Gasteiger charge is -2.13. The van der Waals surface area contributed by atoms with Crippen molar-refractivity contribution in [3.63, 3.8) is 0 Å². The van der Waals surface area contributed by atoms with Gasteiger partial charge < -0.3 is 5.32 Å². The van der Waals surface area contributed by atoms with Gasteiger partial charge in [-0.2, -0.15) is 5.10 Å². The molecular formula is C15H20ClN3. The van der Waals surface area contributed by atoms with Crippen LogP contribution in [-0.4, -0.2) is 15.8 Å². The Kier molecular flexibility index (Phi) is 4.61. The summed E-state index contributed by atoms with van der Waals surface area (Å²) >= 11 is 6.04. The number of halogens is 1. The lowest BCUT2D eigenvalue weighted by molar-refractivity contribution is 0.581. The van der Waals surface area contributed by atoms with E-state index in [1.807, 2.05) is 11.6 Å². The molecule has 0 radical (unpaired) electrons. The number of hydrogen-bond acceptors (Lipinski definition) is 2. The molecule has 0 aliphatic rings. The monoisotopic (exact) mass is 277 g/mol. The molecule has 0 unspecified atom stereocenters. The summed E-state index contributed by atoms with van der Waals surface area (Å²) in [6.07, 6.45) is 1.70. The van der Waals surface area contributed by atoms with E-state index >= 15 is 0 Å². The predicted octanol–water partition coefficient (Wildman–Crippen LogP) is 3.39. The second-order valence-electron chi connectivity index (χ2n) is 5.04. The molecule has 102 valence electrons. The average Bonchev–Trinajstić information content (AvgIpc) is 2.70. The molecular weight excluding hydrogens is 258 g/mol. The SMILES string of the molecule is Cc1c(Cl)cnn1Cc1ccccc1CNC(C)C. The highest BCUT2D eigenvalue weighted by Crippen LogP contribution is 2.16. The van der Waals surface area contributed by atoms with Gasteiger partial charge in [0, 0.05) is 12.6 Å². The molecule has 2 rings (SSSR count). The van der Waals surface area contributed by atoms with E-state index in [1.165, 1.54) is 11.1 Å². The van der Waals surface area contributed by atoms with Gasteiger partial charge in [0.05, 0.1) is 23.5 Å². The Morgan fingerprint density at radius 2 is 1.95 bits per heavy atom. The minimum Gasteiger partial charge on any atom is -0.310 e. The molecule has 0 atom stereocenters. The quantitative estimate of drug-likeness (QED) is 0.908. The smallest absolute Gasteiger partial charge is 0.0815 e. The summed E-state index contributed by atoms with van der Waals surface area (Å²) in [6, 6.07) is 8.92. The van der Waals surface area contributed by atoms with Crippen molar-refractivity contribution in [2.45, 2.75) is 39.9 Å². The zero-order chi connectivity index (χ0) is 13.8. The molecule has 1 heterocycles. The summed E-state index contributed by atoms with van der Waals surface area (Å²) in [5.41, 5.74) is 3.59. The maximum atomic E-state index is 6.04. The highest BCUT2D eigenvalue weighted by atomic mass is 35.5. The van der Waals surface area contributed by atoms with Crippen LogP contribution in [0.1, 0.15) is 30.7 Å². The normalized spacial score (nSPS) is 11.2. The summed E-state index contributed by atoms with van der Waals surface area (Å²) in [5.74, 6) is 0. The summed E-state index contributed by atoms with van der Waals surface area (Å²) in [7, 11) is 0. The van der Waals surface area contributed by atoms with Gasteiger partial charge in [-0.25, -0.2) is 0 Å². The van der Waals surface area contributed by atoms with Crippen molar-refractivity contribution in [1.29, 1.82) is 0 Å². The van der Waals surface area contributed by atoms with Crippen molar-refractivity contribution in [2.75, 3.05) is 0 Å². The molecule has 0 aliphatic carbocycles. The maximum Gasteiger partial charge on any atom is 0.0815 e. The van der Waals surface area contributed by atoms with Gasteiger partial charge in [0.2, 0.25) is 0 Å². The number of aromatic nitrogens is 2. The third kappa shape index (κ3) is 3.58. The Morgan fingerprint density at radius 3 is 2.53 bits per heavy atom. The molecule has 0 fully saturated rings. The lowest BCUT2D eigenvalue weighted by Crippen LogP contribution is -2.22. The third-order valence-corrected chi connectivity index (χ3v) is 3.55. The number of nitrogens with zero attached hydrogens (tertiary/aromatic N) is 2. The van der Waals surface area contributed by atoms with Gasteiger partial charge in [-0.05, 0) is 18.1 Å². The summed E-state index contributed by atoms with van der Waals surface area (Å²) < 4.78 is 1.94. The Morgan fingerprint density at radius 1 is 1.26 bits per heavy atom. The van der Waals surface area contributed by atoms with Gasteiger partial charge in [-0.15, -0.1) is 0 Å². The van der Waals surface area contributed by atoms with Crippen LogP contribution in [0, 0.1) is 6.92 Å². The fraction of sp³-hybridized carbons (Fsp3) is 0.400. The summed E-state index contributed by atoms with van der Waals surface area (Å²) in [5, 5.41) is 8.48. The van der Waals surface area contributed by atoms with Crippen LogP contribution in [0.25, 0.3) is 0 Å². The molecule has 1 aromatic carbocycles. The van der Waals surface area contributed by atoms with E-state index in [2.05, 4.69) is 48.5 Å². The van der Waals surface area contributed by atoms with Crippen LogP contribution in [0.5, 0.6) is 0 Å². The van der Waals surface area contributed by atoms with E-state index in [0.717, 1.165) is 23.8 Å². The topological polar surface area (TPSA) is 29.9 Å². The molecule has 1 aromatic heterocycles. The molecule has 3 nitrogen and oxygen atoms in total. The van der Waals surface area contributed by atoms with E-state index < -0.39 is 0 Å². The Labute approximate surface area is 119 Å². The second kappa shape index (κ2) is 6.22. The first-order valence-corrected chi connectivity index (χ1v) is 6.94. The molecule has 4 heteroatoms. The first-order valence-electron chi connectivity index (χ1n) is 6.56. The van der Waals surface area contributed by atoms with E-state index in [-0.39, 0.29) is 0 Å². The standard InChI is InChI=1S/C15H20ClN3/c1-11(2)17-8-13-6-4-5-7-14(13)10-19-12(3)15(16)9-18-19/h4-7,9,11,17H,8,10H2,1-3H3. The number of benzene rings is 1. The second-order valence-corrected chi connectivity index (χ2v) is 5.45. The first kappa shape index (κ1) is 14.1. The molecule has 0 saturated heterocycles.